The maximum atomic E-state index is 12.2. The third-order valence-electron chi connectivity index (χ3n) is 3.49. The molecule has 0 aliphatic carbocycles. The first-order valence-corrected chi connectivity index (χ1v) is 5.76. The number of rotatable bonds is 1. The summed E-state index contributed by atoms with van der Waals surface area (Å²) in [5, 5.41) is 10.0. The van der Waals surface area contributed by atoms with E-state index in [0.717, 1.165) is 6.54 Å². The van der Waals surface area contributed by atoms with E-state index in [2.05, 4.69) is 36.2 Å². The van der Waals surface area contributed by atoms with Crippen LogP contribution in [0.15, 0.2) is 6.20 Å². The van der Waals surface area contributed by atoms with Gasteiger partial charge in [-0.1, -0.05) is 13.8 Å². The van der Waals surface area contributed by atoms with Crippen molar-refractivity contribution in [2.24, 2.45) is 11.8 Å². The van der Waals surface area contributed by atoms with Crippen LogP contribution in [0.3, 0.4) is 0 Å². The number of nitrogens with zero attached hydrogens (tertiary/aromatic N) is 3. The van der Waals surface area contributed by atoms with E-state index >= 15 is 0 Å². The number of likely N-dealkylation sites (tertiary alicyclic amines) is 1. The number of aromatic amines is 1. The predicted molar refractivity (Wildman–Crippen MR) is 59.8 cm³/mol. The van der Waals surface area contributed by atoms with E-state index in [-0.39, 0.29) is 11.9 Å². The van der Waals surface area contributed by atoms with Crippen molar-refractivity contribution in [2.75, 3.05) is 6.54 Å². The summed E-state index contributed by atoms with van der Waals surface area (Å²) < 4.78 is 0. The molecule has 1 aromatic heterocycles. The van der Waals surface area contributed by atoms with Crippen molar-refractivity contribution in [3.63, 3.8) is 0 Å². The monoisotopic (exact) mass is 222 g/mol. The lowest BCUT2D eigenvalue weighted by Gasteiger charge is -2.40. The van der Waals surface area contributed by atoms with Gasteiger partial charge in [-0.3, -0.25) is 4.79 Å². The number of piperidine rings is 1. The average molecular weight is 222 g/mol. The summed E-state index contributed by atoms with van der Waals surface area (Å²) in [6, 6.07) is 0.278. The average Bonchev–Trinajstić information content (AvgIpc) is 2.75. The molecule has 3 unspecified atom stereocenters. The van der Waals surface area contributed by atoms with E-state index in [9.17, 15) is 4.79 Å². The van der Waals surface area contributed by atoms with Crippen molar-refractivity contribution < 1.29 is 4.79 Å². The molecule has 0 spiro atoms. The number of H-pyrrole nitrogens is 1. The largest absolute Gasteiger partial charge is 0.334 e. The number of hydrogen-bond donors (Lipinski definition) is 1. The van der Waals surface area contributed by atoms with Crippen molar-refractivity contribution in [3.8, 4) is 0 Å². The van der Waals surface area contributed by atoms with Crippen LogP contribution in [0.5, 0.6) is 0 Å². The molecule has 1 saturated heterocycles. The lowest BCUT2D eigenvalue weighted by molar-refractivity contribution is 0.0450. The molecular weight excluding hydrogens is 204 g/mol. The topological polar surface area (TPSA) is 61.9 Å². The molecule has 1 fully saturated rings. The van der Waals surface area contributed by atoms with Crippen LogP contribution in [-0.4, -0.2) is 38.8 Å². The molecular formula is C11H18N4O. The first-order chi connectivity index (χ1) is 7.59. The normalized spacial score (nSPS) is 30.4. The van der Waals surface area contributed by atoms with Gasteiger partial charge in [0.1, 0.15) is 0 Å². The van der Waals surface area contributed by atoms with E-state index in [0.29, 0.717) is 17.5 Å². The Labute approximate surface area is 95.2 Å². The van der Waals surface area contributed by atoms with Gasteiger partial charge in [-0.2, -0.15) is 15.4 Å². The quantitative estimate of drug-likeness (QED) is 0.779. The summed E-state index contributed by atoms with van der Waals surface area (Å²) in [4.78, 5) is 14.1. The molecule has 2 heterocycles. The fourth-order valence-corrected chi connectivity index (χ4v) is 2.44. The minimum Gasteiger partial charge on any atom is -0.334 e. The molecule has 5 nitrogen and oxygen atoms in total. The molecule has 1 aliphatic heterocycles. The van der Waals surface area contributed by atoms with Crippen LogP contribution in [0, 0.1) is 11.8 Å². The third kappa shape index (κ3) is 1.94. The van der Waals surface area contributed by atoms with E-state index < -0.39 is 0 Å². The molecule has 1 aromatic rings. The van der Waals surface area contributed by atoms with Crippen molar-refractivity contribution >= 4 is 5.91 Å². The Bertz CT molecular complexity index is 362. The van der Waals surface area contributed by atoms with Crippen LogP contribution in [0.2, 0.25) is 0 Å². The minimum atomic E-state index is -0.0142. The fraction of sp³-hybridized carbons (Fsp3) is 0.727. The van der Waals surface area contributed by atoms with Crippen molar-refractivity contribution in [1.82, 2.24) is 20.3 Å². The number of carbonyl (C=O) groups is 1. The smallest absolute Gasteiger partial charge is 0.276 e. The van der Waals surface area contributed by atoms with E-state index in [1.807, 2.05) is 4.90 Å². The van der Waals surface area contributed by atoms with Crippen LogP contribution < -0.4 is 0 Å². The van der Waals surface area contributed by atoms with Gasteiger partial charge in [0, 0.05) is 12.6 Å². The van der Waals surface area contributed by atoms with Gasteiger partial charge < -0.3 is 4.90 Å². The van der Waals surface area contributed by atoms with Crippen molar-refractivity contribution in [2.45, 2.75) is 33.2 Å². The number of hydrogen-bond acceptors (Lipinski definition) is 3. The third-order valence-corrected chi connectivity index (χ3v) is 3.49. The van der Waals surface area contributed by atoms with E-state index in [1.165, 1.54) is 12.6 Å². The summed E-state index contributed by atoms with van der Waals surface area (Å²) in [7, 11) is 0. The standard InChI is InChI=1S/C11H18N4O/c1-7-4-8(2)9(3)15(6-7)11(16)10-5-12-14-13-10/h5,7-9H,4,6H2,1-3H3,(H,12,13,14). The molecule has 0 radical (unpaired) electrons. The van der Waals surface area contributed by atoms with Crippen LogP contribution in [0.25, 0.3) is 0 Å². The summed E-state index contributed by atoms with van der Waals surface area (Å²) in [5.74, 6) is 1.08. The maximum absolute atomic E-state index is 12.2. The zero-order valence-electron chi connectivity index (χ0n) is 9.97. The summed E-state index contributed by atoms with van der Waals surface area (Å²) >= 11 is 0. The zero-order valence-corrected chi connectivity index (χ0v) is 9.97. The van der Waals surface area contributed by atoms with Crippen LogP contribution in [0.4, 0.5) is 0 Å². The Morgan fingerprint density at radius 3 is 2.88 bits per heavy atom. The first-order valence-electron chi connectivity index (χ1n) is 5.76. The predicted octanol–water partition coefficient (Wildman–Crippen LogP) is 1.31. The second kappa shape index (κ2) is 4.23. The molecule has 0 bridgehead atoms. The van der Waals surface area contributed by atoms with Crippen molar-refractivity contribution in [3.05, 3.63) is 11.9 Å². The summed E-state index contributed by atoms with van der Waals surface area (Å²) in [5.41, 5.74) is 0.410. The molecule has 3 atom stereocenters. The highest BCUT2D eigenvalue weighted by Crippen LogP contribution is 2.27. The maximum Gasteiger partial charge on any atom is 0.276 e. The highest BCUT2D eigenvalue weighted by molar-refractivity contribution is 5.92. The molecule has 16 heavy (non-hydrogen) atoms. The van der Waals surface area contributed by atoms with E-state index in [1.54, 1.807) is 0 Å². The van der Waals surface area contributed by atoms with Gasteiger partial charge in [-0.15, -0.1) is 0 Å². The van der Waals surface area contributed by atoms with Crippen LogP contribution in [-0.2, 0) is 0 Å². The molecule has 5 heteroatoms. The van der Waals surface area contributed by atoms with Gasteiger partial charge in [0.25, 0.3) is 5.91 Å². The van der Waals surface area contributed by atoms with Gasteiger partial charge in [-0.25, -0.2) is 0 Å². The molecule has 1 N–H and O–H groups in total. The number of carbonyl (C=O) groups excluding carboxylic acids is 1. The zero-order chi connectivity index (χ0) is 11.7. The first kappa shape index (κ1) is 11.1. The number of nitrogens with one attached hydrogen (secondary N) is 1. The van der Waals surface area contributed by atoms with Crippen LogP contribution >= 0.6 is 0 Å². The number of aromatic nitrogens is 3. The molecule has 1 aliphatic rings. The van der Waals surface area contributed by atoms with Crippen molar-refractivity contribution in [1.29, 1.82) is 0 Å². The summed E-state index contributed by atoms with van der Waals surface area (Å²) in [6.07, 6.45) is 2.67. The lowest BCUT2D eigenvalue weighted by Crippen LogP contribution is -2.48. The Morgan fingerprint density at radius 2 is 2.25 bits per heavy atom. The molecule has 88 valence electrons. The fourth-order valence-electron chi connectivity index (χ4n) is 2.44. The Morgan fingerprint density at radius 1 is 1.50 bits per heavy atom. The van der Waals surface area contributed by atoms with Crippen LogP contribution in [0.1, 0.15) is 37.7 Å². The number of amides is 1. The SMILES string of the molecule is CC1CC(C)C(C)N(C(=O)c2cn[nH]n2)C1. The molecule has 1 amide bonds. The minimum absolute atomic E-state index is 0.0142. The molecule has 0 saturated carbocycles. The second-order valence-corrected chi connectivity index (χ2v) is 4.87. The molecule has 0 aromatic carbocycles. The van der Waals surface area contributed by atoms with Gasteiger partial charge in [-0.05, 0) is 25.2 Å². The van der Waals surface area contributed by atoms with Gasteiger partial charge in [0.2, 0.25) is 0 Å². The van der Waals surface area contributed by atoms with Gasteiger partial charge >= 0.3 is 0 Å². The van der Waals surface area contributed by atoms with Gasteiger partial charge in [0.05, 0.1) is 6.20 Å². The summed E-state index contributed by atoms with van der Waals surface area (Å²) in [6.45, 7) is 7.31. The highest BCUT2D eigenvalue weighted by atomic mass is 16.2. The Kier molecular flexibility index (Phi) is 2.94. The highest BCUT2D eigenvalue weighted by Gasteiger charge is 2.33. The molecule has 2 rings (SSSR count). The Balaban J connectivity index is 2.16. The Hall–Kier alpha value is -1.39. The second-order valence-electron chi connectivity index (χ2n) is 4.87. The van der Waals surface area contributed by atoms with E-state index in [4.69, 9.17) is 0 Å². The lowest BCUT2D eigenvalue weighted by atomic mass is 9.86. The van der Waals surface area contributed by atoms with Gasteiger partial charge in [0.15, 0.2) is 5.69 Å².